The molecule has 0 aromatic rings. The van der Waals surface area contributed by atoms with E-state index in [4.69, 9.17) is 0 Å². The summed E-state index contributed by atoms with van der Waals surface area (Å²) in [5, 5.41) is 3.28. The van der Waals surface area contributed by atoms with E-state index in [-0.39, 0.29) is 0 Å². The smallest absolute Gasteiger partial charge is 0.0180 e. The van der Waals surface area contributed by atoms with Crippen molar-refractivity contribution in [2.24, 2.45) is 0 Å². The van der Waals surface area contributed by atoms with E-state index in [1.807, 2.05) is 26.8 Å². The zero-order valence-corrected chi connectivity index (χ0v) is 8.41. The minimum Gasteiger partial charge on any atom is -0.388 e. The lowest BCUT2D eigenvalue weighted by atomic mass is 10.2. The lowest BCUT2D eigenvalue weighted by Crippen LogP contribution is -2.12. The van der Waals surface area contributed by atoms with Crippen LogP contribution in [0.2, 0.25) is 0 Å². The number of rotatable bonds is 5. The maximum Gasteiger partial charge on any atom is 0.0180 e. The Morgan fingerprint density at radius 1 is 1.25 bits per heavy atom. The molecule has 0 fully saturated rings. The van der Waals surface area contributed by atoms with Crippen molar-refractivity contribution in [1.82, 2.24) is 5.32 Å². The van der Waals surface area contributed by atoms with Gasteiger partial charge in [-0.25, -0.2) is 0 Å². The fraction of sp³-hybridized carbons (Fsp3) is 0.455. The van der Waals surface area contributed by atoms with Gasteiger partial charge in [0.2, 0.25) is 0 Å². The van der Waals surface area contributed by atoms with Crippen molar-refractivity contribution in [3.05, 3.63) is 36.1 Å². The normalized spacial score (nSPS) is 11.1. The molecule has 0 atom stereocenters. The van der Waals surface area contributed by atoms with Gasteiger partial charge in [-0.15, -0.1) is 6.58 Å². The Morgan fingerprint density at radius 2 is 1.83 bits per heavy atom. The fourth-order valence-corrected chi connectivity index (χ4v) is 0.894. The molecule has 0 aromatic heterocycles. The van der Waals surface area contributed by atoms with Crippen LogP contribution in [-0.4, -0.2) is 6.54 Å². The van der Waals surface area contributed by atoms with Crippen molar-refractivity contribution in [3.8, 4) is 0 Å². The van der Waals surface area contributed by atoms with E-state index in [0.717, 1.165) is 18.5 Å². The molecule has 0 aromatic carbocycles. The highest BCUT2D eigenvalue weighted by atomic mass is 14.9. The van der Waals surface area contributed by atoms with Gasteiger partial charge >= 0.3 is 0 Å². The van der Waals surface area contributed by atoms with Gasteiger partial charge in [0.05, 0.1) is 0 Å². The van der Waals surface area contributed by atoms with Gasteiger partial charge in [0.15, 0.2) is 0 Å². The third-order valence-corrected chi connectivity index (χ3v) is 1.42. The third-order valence-electron chi connectivity index (χ3n) is 1.42. The van der Waals surface area contributed by atoms with Gasteiger partial charge in [-0.1, -0.05) is 17.7 Å². The summed E-state index contributed by atoms with van der Waals surface area (Å²) in [6.45, 7) is 14.7. The average Bonchev–Trinajstić information content (AvgIpc) is 1.84. The highest BCUT2D eigenvalue weighted by Crippen LogP contribution is 1.97. The molecule has 0 saturated heterocycles. The minimum atomic E-state index is 0.963. The highest BCUT2D eigenvalue weighted by molar-refractivity contribution is 5.16. The summed E-state index contributed by atoms with van der Waals surface area (Å²) in [7, 11) is 0. The molecule has 0 rings (SSSR count). The molecule has 0 heterocycles. The maximum atomic E-state index is 3.84. The van der Waals surface area contributed by atoms with Crippen LogP contribution in [0.15, 0.2) is 36.1 Å². The Kier molecular flexibility index (Phi) is 5.18. The zero-order chi connectivity index (χ0) is 9.56. The first-order valence-corrected chi connectivity index (χ1v) is 4.24. The second-order valence-corrected chi connectivity index (χ2v) is 3.31. The molecule has 0 amide bonds. The van der Waals surface area contributed by atoms with Crippen LogP contribution in [-0.2, 0) is 0 Å². The fourth-order valence-electron chi connectivity index (χ4n) is 0.894. The summed E-state index contributed by atoms with van der Waals surface area (Å²) in [6.07, 6.45) is 3.07. The summed E-state index contributed by atoms with van der Waals surface area (Å²) in [5.74, 6) is 0. The monoisotopic (exact) mass is 165 g/mol. The van der Waals surface area contributed by atoms with E-state index in [1.165, 1.54) is 11.3 Å². The van der Waals surface area contributed by atoms with E-state index in [2.05, 4.69) is 18.5 Å². The Hall–Kier alpha value is -0.980. The Balaban J connectivity index is 3.64. The SMILES string of the molecule is C=C(C)/C=C(/C)NCCC(=C)C. The summed E-state index contributed by atoms with van der Waals surface area (Å²) in [4.78, 5) is 0. The molecule has 12 heavy (non-hydrogen) atoms. The summed E-state index contributed by atoms with van der Waals surface area (Å²) >= 11 is 0. The van der Waals surface area contributed by atoms with Crippen molar-refractivity contribution in [2.45, 2.75) is 27.2 Å². The first kappa shape index (κ1) is 11.0. The molecule has 0 unspecified atom stereocenters. The molecule has 0 aliphatic heterocycles. The van der Waals surface area contributed by atoms with Gasteiger partial charge in [-0.05, 0) is 33.3 Å². The van der Waals surface area contributed by atoms with E-state index < -0.39 is 0 Å². The molecular formula is C11H19N. The van der Waals surface area contributed by atoms with Gasteiger partial charge < -0.3 is 5.32 Å². The van der Waals surface area contributed by atoms with Crippen LogP contribution in [0.4, 0.5) is 0 Å². The quantitative estimate of drug-likeness (QED) is 0.488. The van der Waals surface area contributed by atoms with Crippen molar-refractivity contribution in [2.75, 3.05) is 6.54 Å². The highest BCUT2D eigenvalue weighted by Gasteiger charge is 1.88. The van der Waals surface area contributed by atoms with E-state index in [0.29, 0.717) is 0 Å². The average molecular weight is 165 g/mol. The first-order chi connectivity index (χ1) is 5.52. The Labute approximate surface area is 75.9 Å². The van der Waals surface area contributed by atoms with Gasteiger partial charge in [0.25, 0.3) is 0 Å². The summed E-state index contributed by atoms with van der Waals surface area (Å²) < 4.78 is 0. The van der Waals surface area contributed by atoms with Gasteiger partial charge in [-0.2, -0.15) is 0 Å². The van der Waals surface area contributed by atoms with Crippen LogP contribution in [0.1, 0.15) is 27.2 Å². The first-order valence-electron chi connectivity index (χ1n) is 4.24. The molecule has 0 spiro atoms. The Bertz CT molecular complexity index is 199. The Morgan fingerprint density at radius 3 is 2.25 bits per heavy atom. The second-order valence-electron chi connectivity index (χ2n) is 3.31. The molecule has 0 bridgehead atoms. The van der Waals surface area contributed by atoms with Crippen LogP contribution in [0.25, 0.3) is 0 Å². The lowest BCUT2D eigenvalue weighted by molar-refractivity contribution is 0.783. The molecule has 1 N–H and O–H groups in total. The molecule has 1 heteroatoms. The molecular weight excluding hydrogens is 146 g/mol. The van der Waals surface area contributed by atoms with E-state index in [1.54, 1.807) is 0 Å². The van der Waals surface area contributed by atoms with Crippen LogP contribution >= 0.6 is 0 Å². The molecule has 0 radical (unpaired) electrons. The van der Waals surface area contributed by atoms with Crippen molar-refractivity contribution in [1.29, 1.82) is 0 Å². The summed E-state index contributed by atoms with van der Waals surface area (Å²) in [5.41, 5.74) is 3.46. The second kappa shape index (κ2) is 5.64. The summed E-state index contributed by atoms with van der Waals surface area (Å²) in [6, 6.07) is 0. The number of nitrogens with one attached hydrogen (secondary N) is 1. The van der Waals surface area contributed by atoms with Crippen molar-refractivity contribution >= 4 is 0 Å². The number of allylic oxidation sites excluding steroid dienone is 3. The molecule has 0 aliphatic rings. The lowest BCUT2D eigenvalue weighted by Gasteiger charge is -2.05. The standard InChI is InChI=1S/C11H19N/c1-9(2)6-7-12-11(5)8-10(3)4/h8,12H,1,3,6-7H2,2,4-5H3/b11-8-. The van der Waals surface area contributed by atoms with Crippen molar-refractivity contribution in [3.63, 3.8) is 0 Å². The van der Waals surface area contributed by atoms with Crippen LogP contribution < -0.4 is 5.32 Å². The molecule has 0 aliphatic carbocycles. The third kappa shape index (κ3) is 7.13. The maximum absolute atomic E-state index is 3.84. The topological polar surface area (TPSA) is 12.0 Å². The number of hydrogen-bond acceptors (Lipinski definition) is 1. The van der Waals surface area contributed by atoms with Gasteiger partial charge in [0.1, 0.15) is 0 Å². The van der Waals surface area contributed by atoms with Gasteiger partial charge in [-0.3, -0.25) is 0 Å². The van der Waals surface area contributed by atoms with E-state index >= 15 is 0 Å². The van der Waals surface area contributed by atoms with Crippen LogP contribution in [0.5, 0.6) is 0 Å². The largest absolute Gasteiger partial charge is 0.388 e. The molecule has 68 valence electrons. The molecule has 0 saturated carbocycles. The van der Waals surface area contributed by atoms with Gasteiger partial charge in [0, 0.05) is 12.2 Å². The minimum absolute atomic E-state index is 0.963. The predicted octanol–water partition coefficient (Wildman–Crippen LogP) is 3.02. The van der Waals surface area contributed by atoms with Crippen LogP contribution in [0.3, 0.4) is 0 Å². The zero-order valence-electron chi connectivity index (χ0n) is 8.41. The number of hydrogen-bond donors (Lipinski definition) is 1. The van der Waals surface area contributed by atoms with Crippen molar-refractivity contribution < 1.29 is 0 Å². The van der Waals surface area contributed by atoms with Crippen LogP contribution in [0, 0.1) is 0 Å². The predicted molar refractivity (Wildman–Crippen MR) is 56.0 cm³/mol. The van der Waals surface area contributed by atoms with E-state index in [9.17, 15) is 0 Å². The molecule has 1 nitrogen and oxygen atoms in total.